The Hall–Kier alpha value is -1.88. The molecule has 0 amide bonds. The van der Waals surface area contributed by atoms with Crippen LogP contribution in [-0.4, -0.2) is 22.2 Å². The van der Waals surface area contributed by atoms with E-state index in [1.54, 1.807) is 6.07 Å². The summed E-state index contributed by atoms with van der Waals surface area (Å²) in [5.74, 6) is 0. The Balaban J connectivity index is 2.11. The van der Waals surface area contributed by atoms with E-state index in [1.165, 1.54) is 0 Å². The maximum Gasteiger partial charge on any atom is 0.194 e. The summed E-state index contributed by atoms with van der Waals surface area (Å²) in [4.78, 5) is 23.0. The molecule has 4 nitrogen and oxygen atoms in total. The molecule has 100 valence electrons. The van der Waals surface area contributed by atoms with Gasteiger partial charge in [0.25, 0.3) is 0 Å². The largest absolute Gasteiger partial charge is 0.358 e. The first-order chi connectivity index (χ1) is 9.74. The van der Waals surface area contributed by atoms with Crippen LogP contribution in [-0.2, 0) is 0 Å². The fourth-order valence-electron chi connectivity index (χ4n) is 2.84. The van der Waals surface area contributed by atoms with Crippen LogP contribution < -0.4 is 5.43 Å². The third kappa shape index (κ3) is 1.66. The average Bonchev–Trinajstić information content (AvgIpc) is 3.07. The molecule has 0 atom stereocenters. The monoisotopic (exact) mass is 329 g/mol. The van der Waals surface area contributed by atoms with Gasteiger partial charge in [-0.15, -0.1) is 0 Å². The molecule has 4 rings (SSSR count). The van der Waals surface area contributed by atoms with Gasteiger partial charge >= 0.3 is 0 Å². The first kappa shape index (κ1) is 11.9. The number of nitrogens with zero attached hydrogens (tertiary/aromatic N) is 1. The van der Waals surface area contributed by atoms with Crippen LogP contribution in [0.25, 0.3) is 21.8 Å². The Bertz CT molecular complexity index is 920. The zero-order valence-corrected chi connectivity index (χ0v) is 12.3. The van der Waals surface area contributed by atoms with Gasteiger partial charge in [-0.25, -0.2) is 0 Å². The third-order valence-corrected chi connectivity index (χ3v) is 4.40. The summed E-state index contributed by atoms with van der Waals surface area (Å²) in [6.07, 6.45) is 4.04. The fourth-order valence-corrected chi connectivity index (χ4v) is 3.18. The molecule has 1 aliphatic rings. The molecule has 0 bridgehead atoms. The molecule has 0 unspecified atom stereocenters. The molecule has 0 radical (unpaired) electrons. The Morgan fingerprint density at radius 1 is 1.25 bits per heavy atom. The lowest BCUT2D eigenvalue weighted by Crippen LogP contribution is -2.00. The Morgan fingerprint density at radius 3 is 2.95 bits per heavy atom. The van der Waals surface area contributed by atoms with Gasteiger partial charge in [0.15, 0.2) is 5.43 Å². The van der Waals surface area contributed by atoms with Crippen molar-refractivity contribution in [2.75, 3.05) is 6.54 Å². The number of aromatic amines is 2. The molecular formula is C15H12BrN3O. The van der Waals surface area contributed by atoms with E-state index in [9.17, 15) is 4.79 Å². The zero-order valence-electron chi connectivity index (χ0n) is 10.7. The van der Waals surface area contributed by atoms with Crippen LogP contribution in [0.15, 0.2) is 38.7 Å². The van der Waals surface area contributed by atoms with Gasteiger partial charge < -0.3 is 9.97 Å². The number of H-pyrrole nitrogens is 2. The maximum absolute atomic E-state index is 11.8. The van der Waals surface area contributed by atoms with Gasteiger partial charge in [0, 0.05) is 29.6 Å². The molecule has 3 aromatic rings. The number of halogens is 1. The summed E-state index contributed by atoms with van der Waals surface area (Å²) < 4.78 is 0.596. The highest BCUT2D eigenvalue weighted by Crippen LogP contribution is 2.28. The van der Waals surface area contributed by atoms with E-state index in [4.69, 9.17) is 0 Å². The summed E-state index contributed by atoms with van der Waals surface area (Å²) in [7, 11) is 0. The van der Waals surface area contributed by atoms with Crippen molar-refractivity contribution in [2.45, 2.75) is 12.8 Å². The minimum atomic E-state index is -0.00667. The van der Waals surface area contributed by atoms with Gasteiger partial charge in [-0.2, -0.15) is 0 Å². The van der Waals surface area contributed by atoms with Gasteiger partial charge in [-0.1, -0.05) is 0 Å². The topological polar surface area (TPSA) is 61.0 Å². The first-order valence-corrected chi connectivity index (χ1v) is 7.39. The summed E-state index contributed by atoms with van der Waals surface area (Å²) in [6.45, 7) is 0.899. The van der Waals surface area contributed by atoms with Crippen LogP contribution in [0, 0.1) is 0 Å². The number of rotatable bonds is 1. The Kier molecular flexibility index (Phi) is 2.57. The van der Waals surface area contributed by atoms with Crippen molar-refractivity contribution in [3.05, 3.63) is 44.8 Å². The molecule has 5 heteroatoms. The molecule has 0 spiro atoms. The molecule has 3 heterocycles. The van der Waals surface area contributed by atoms with Gasteiger partial charge in [0.05, 0.1) is 26.9 Å². The van der Waals surface area contributed by atoms with Crippen molar-refractivity contribution < 1.29 is 0 Å². The fraction of sp³-hybridized carbons (Fsp3) is 0.200. The second-order valence-electron chi connectivity index (χ2n) is 5.03. The highest BCUT2D eigenvalue weighted by atomic mass is 79.9. The lowest BCUT2D eigenvalue weighted by atomic mass is 10.1. The number of hydrogen-bond donors (Lipinski definition) is 2. The van der Waals surface area contributed by atoms with Crippen molar-refractivity contribution in [3.8, 4) is 0 Å². The number of benzene rings is 1. The van der Waals surface area contributed by atoms with Crippen LogP contribution >= 0.6 is 15.9 Å². The number of aromatic nitrogens is 2. The van der Waals surface area contributed by atoms with E-state index >= 15 is 0 Å². The summed E-state index contributed by atoms with van der Waals surface area (Å²) >= 11 is 3.31. The van der Waals surface area contributed by atoms with E-state index in [0.717, 1.165) is 52.6 Å². The van der Waals surface area contributed by atoms with Crippen molar-refractivity contribution in [3.63, 3.8) is 0 Å². The van der Waals surface area contributed by atoms with Crippen molar-refractivity contribution >= 4 is 43.4 Å². The number of fused-ring (bicyclic) bond motifs is 3. The summed E-state index contributed by atoms with van der Waals surface area (Å²) in [5, 5.41) is 2.17. The molecule has 2 aromatic heterocycles. The van der Waals surface area contributed by atoms with Crippen LogP contribution in [0.3, 0.4) is 0 Å². The number of pyridine rings is 1. The van der Waals surface area contributed by atoms with E-state index in [0.29, 0.717) is 4.47 Å². The maximum atomic E-state index is 11.8. The van der Waals surface area contributed by atoms with Gasteiger partial charge in [0.2, 0.25) is 0 Å². The molecule has 0 saturated heterocycles. The minimum absolute atomic E-state index is 0.00667. The highest BCUT2D eigenvalue weighted by molar-refractivity contribution is 9.10. The molecule has 20 heavy (non-hydrogen) atoms. The van der Waals surface area contributed by atoms with E-state index in [2.05, 4.69) is 30.9 Å². The Labute approximate surface area is 123 Å². The molecular weight excluding hydrogens is 318 g/mol. The zero-order chi connectivity index (χ0) is 13.7. The van der Waals surface area contributed by atoms with E-state index < -0.39 is 0 Å². The van der Waals surface area contributed by atoms with Crippen LogP contribution in [0.4, 0.5) is 0 Å². The summed E-state index contributed by atoms with van der Waals surface area (Å²) in [5.41, 5.74) is 4.05. The predicted molar refractivity (Wildman–Crippen MR) is 84.8 cm³/mol. The number of nitrogens with one attached hydrogen (secondary N) is 2. The van der Waals surface area contributed by atoms with Crippen LogP contribution in [0.2, 0.25) is 0 Å². The van der Waals surface area contributed by atoms with Crippen LogP contribution in [0.5, 0.6) is 0 Å². The van der Waals surface area contributed by atoms with Crippen molar-refractivity contribution in [2.24, 2.45) is 4.99 Å². The van der Waals surface area contributed by atoms with E-state index in [1.807, 2.05) is 18.3 Å². The van der Waals surface area contributed by atoms with Gasteiger partial charge in [0.1, 0.15) is 0 Å². The normalized spacial score (nSPS) is 15.2. The number of hydrogen-bond acceptors (Lipinski definition) is 2. The van der Waals surface area contributed by atoms with Crippen molar-refractivity contribution in [1.29, 1.82) is 0 Å². The highest BCUT2D eigenvalue weighted by Gasteiger charge is 2.15. The minimum Gasteiger partial charge on any atom is -0.358 e. The third-order valence-electron chi connectivity index (χ3n) is 3.78. The average molecular weight is 330 g/mol. The lowest BCUT2D eigenvalue weighted by molar-refractivity contribution is 0.951. The van der Waals surface area contributed by atoms with Crippen LogP contribution in [0.1, 0.15) is 18.5 Å². The summed E-state index contributed by atoms with van der Waals surface area (Å²) in [6, 6.07) is 5.56. The Morgan fingerprint density at radius 2 is 2.15 bits per heavy atom. The standard InChI is InChI=1S/C15H12BrN3O/c16-10-6-9-8-3-5-18-15(11-2-1-4-17-11)14(8)19-12(9)7-13(10)20/h3,5-7,18-19H,1-2,4H2. The molecule has 0 saturated carbocycles. The molecule has 1 aromatic carbocycles. The second-order valence-corrected chi connectivity index (χ2v) is 5.88. The molecule has 0 fully saturated rings. The quantitative estimate of drug-likeness (QED) is 0.706. The van der Waals surface area contributed by atoms with Gasteiger partial charge in [-0.05, 0) is 40.9 Å². The molecule has 1 aliphatic heterocycles. The van der Waals surface area contributed by atoms with Gasteiger partial charge in [-0.3, -0.25) is 9.79 Å². The lowest BCUT2D eigenvalue weighted by Gasteiger charge is -2.02. The van der Waals surface area contributed by atoms with Crippen molar-refractivity contribution in [1.82, 2.24) is 9.97 Å². The predicted octanol–water partition coefficient (Wildman–Crippen LogP) is 3.35. The SMILES string of the molecule is O=c1cc2[nH]c3c(C4=NCCC4)[nH]ccc3c2cc1Br. The first-order valence-electron chi connectivity index (χ1n) is 6.60. The smallest absolute Gasteiger partial charge is 0.194 e. The molecule has 0 aliphatic carbocycles. The van der Waals surface area contributed by atoms with E-state index in [-0.39, 0.29) is 5.43 Å². The number of aliphatic imine (C=N–C) groups is 1. The second kappa shape index (κ2) is 4.31. The molecule has 2 N–H and O–H groups in total.